The number of aromatic nitrogens is 4. The summed E-state index contributed by atoms with van der Waals surface area (Å²) in [6, 6.07) is -0.0182. The minimum Gasteiger partial charge on any atom is -0.349 e. The van der Waals surface area contributed by atoms with Crippen LogP contribution in [0.25, 0.3) is 0 Å². The lowest BCUT2D eigenvalue weighted by atomic mass is 9.80. The number of hydrogen-bond donors (Lipinski definition) is 1. The highest BCUT2D eigenvalue weighted by Gasteiger charge is 2.58. The molecule has 3 atom stereocenters. The van der Waals surface area contributed by atoms with Crippen LogP contribution in [0.5, 0.6) is 0 Å². The summed E-state index contributed by atoms with van der Waals surface area (Å²) in [4.78, 5) is 32.0. The molecule has 2 fully saturated rings. The molecule has 2 aromatic heterocycles. The molecule has 3 heterocycles. The molecule has 0 aromatic carbocycles. The van der Waals surface area contributed by atoms with Gasteiger partial charge in [-0.2, -0.15) is 10.1 Å². The Morgan fingerprint density at radius 3 is 2.73 bits per heavy atom. The molecule has 1 saturated heterocycles. The van der Waals surface area contributed by atoms with E-state index >= 15 is 0 Å². The van der Waals surface area contributed by atoms with Crippen LogP contribution in [0, 0.1) is 25.7 Å². The fourth-order valence-electron chi connectivity index (χ4n) is 5.10. The molecule has 3 unspecified atom stereocenters. The van der Waals surface area contributed by atoms with E-state index < -0.39 is 5.41 Å². The molecule has 0 spiro atoms. The molecule has 2 aliphatic rings. The van der Waals surface area contributed by atoms with Crippen LogP contribution in [0.15, 0.2) is 10.7 Å². The number of nitrogens with one attached hydrogen (secondary N) is 1. The lowest BCUT2D eigenvalue weighted by Crippen LogP contribution is -2.40. The van der Waals surface area contributed by atoms with Crippen LogP contribution in [-0.2, 0) is 16.8 Å². The number of carbonyl (C=O) groups is 2. The smallest absolute Gasteiger partial charge is 0.254 e. The van der Waals surface area contributed by atoms with E-state index in [1.54, 1.807) is 13.1 Å². The van der Waals surface area contributed by atoms with E-state index in [-0.39, 0.29) is 29.7 Å². The minimum absolute atomic E-state index is 0.0182. The largest absolute Gasteiger partial charge is 0.349 e. The Kier molecular flexibility index (Phi) is 5.15. The van der Waals surface area contributed by atoms with Crippen LogP contribution in [-0.4, -0.2) is 55.8 Å². The van der Waals surface area contributed by atoms with Crippen molar-refractivity contribution < 1.29 is 14.1 Å². The van der Waals surface area contributed by atoms with Gasteiger partial charge in [-0.3, -0.25) is 14.3 Å². The quantitative estimate of drug-likeness (QED) is 0.800. The zero-order valence-corrected chi connectivity index (χ0v) is 18.3. The van der Waals surface area contributed by atoms with Crippen LogP contribution in [0.3, 0.4) is 0 Å². The first-order chi connectivity index (χ1) is 14.2. The van der Waals surface area contributed by atoms with Crippen LogP contribution in [0.1, 0.15) is 61.4 Å². The van der Waals surface area contributed by atoms with Crippen LogP contribution in [0.2, 0.25) is 0 Å². The third kappa shape index (κ3) is 3.30. The second-order valence-corrected chi connectivity index (χ2v) is 8.94. The predicted molar refractivity (Wildman–Crippen MR) is 109 cm³/mol. The predicted octanol–water partition coefficient (Wildman–Crippen LogP) is 1.85. The molecule has 1 aliphatic heterocycles. The first-order valence-electron chi connectivity index (χ1n) is 10.7. The lowest BCUT2D eigenvalue weighted by molar-refractivity contribution is -0.133. The molecule has 1 aliphatic carbocycles. The fourth-order valence-corrected chi connectivity index (χ4v) is 5.10. The average molecular weight is 415 g/mol. The van der Waals surface area contributed by atoms with Crippen LogP contribution < -0.4 is 5.32 Å². The van der Waals surface area contributed by atoms with Gasteiger partial charge in [0.2, 0.25) is 11.8 Å². The van der Waals surface area contributed by atoms with Crippen molar-refractivity contribution in [2.45, 2.75) is 65.5 Å². The van der Waals surface area contributed by atoms with Crippen LogP contribution >= 0.6 is 0 Å². The number of carbonyl (C=O) groups excluding carboxylic acids is 2. The third-order valence-corrected chi connectivity index (χ3v) is 6.62. The van der Waals surface area contributed by atoms with Gasteiger partial charge in [0, 0.05) is 37.3 Å². The highest BCUT2D eigenvalue weighted by molar-refractivity contribution is 5.95. The number of nitrogens with zero attached hydrogens (tertiary/aromatic N) is 5. The lowest BCUT2D eigenvalue weighted by Gasteiger charge is -2.26. The summed E-state index contributed by atoms with van der Waals surface area (Å²) >= 11 is 0. The zero-order valence-electron chi connectivity index (χ0n) is 18.3. The second kappa shape index (κ2) is 7.52. The Bertz CT molecular complexity index is 964. The van der Waals surface area contributed by atoms with Crippen LogP contribution in [0.4, 0.5) is 0 Å². The van der Waals surface area contributed by atoms with Crippen molar-refractivity contribution >= 4 is 11.8 Å². The Hall–Kier alpha value is -2.71. The molecule has 4 rings (SSSR count). The molecule has 0 radical (unpaired) electrons. The van der Waals surface area contributed by atoms with E-state index in [0.717, 1.165) is 18.7 Å². The normalized spacial score (nSPS) is 25.7. The maximum atomic E-state index is 12.9. The van der Waals surface area contributed by atoms with Gasteiger partial charge in [0.25, 0.3) is 5.91 Å². The summed E-state index contributed by atoms with van der Waals surface area (Å²) in [5, 5.41) is 11.5. The molecule has 2 aromatic rings. The van der Waals surface area contributed by atoms with Crippen molar-refractivity contribution in [1.82, 2.24) is 30.1 Å². The summed E-state index contributed by atoms with van der Waals surface area (Å²) in [5.41, 5.74) is 1.06. The second-order valence-electron chi connectivity index (χ2n) is 8.94. The molecule has 1 N–H and O–H groups in total. The Morgan fingerprint density at radius 2 is 2.13 bits per heavy atom. The first kappa shape index (κ1) is 20.6. The Labute approximate surface area is 176 Å². The van der Waals surface area contributed by atoms with Crippen molar-refractivity contribution in [1.29, 1.82) is 0 Å². The van der Waals surface area contributed by atoms with Crippen molar-refractivity contribution in [3.05, 3.63) is 29.2 Å². The van der Waals surface area contributed by atoms with Gasteiger partial charge in [-0.1, -0.05) is 19.0 Å². The summed E-state index contributed by atoms with van der Waals surface area (Å²) in [6.45, 7) is 11.5. The molecule has 9 nitrogen and oxygen atoms in total. The molecule has 9 heteroatoms. The molecular formula is C21H30N6O3. The summed E-state index contributed by atoms with van der Waals surface area (Å²) in [6.07, 6.45) is 3.08. The maximum Gasteiger partial charge on any atom is 0.254 e. The van der Waals surface area contributed by atoms with Gasteiger partial charge in [-0.25, -0.2) is 0 Å². The molecule has 1 saturated carbocycles. The minimum atomic E-state index is -0.410. The number of amides is 2. The molecular weight excluding hydrogens is 384 g/mol. The van der Waals surface area contributed by atoms with E-state index in [4.69, 9.17) is 4.52 Å². The standard InChI is InChI=1S/C21H30N6O3/c1-6-27-13(4)17(9-22-27)18(28)24-16-7-15-10-26(19(29)12(2)3)11-21(15,8-16)20-23-14(5)25-30-20/h9,12,15-16H,6-8,10-11H2,1-5H3,(H,24,28). The van der Waals surface area contributed by atoms with Gasteiger partial charge < -0.3 is 14.7 Å². The maximum absolute atomic E-state index is 12.9. The Morgan fingerprint density at radius 1 is 1.37 bits per heavy atom. The van der Waals surface area contributed by atoms with E-state index in [1.807, 2.05) is 37.3 Å². The molecule has 162 valence electrons. The molecule has 2 amide bonds. The van der Waals surface area contributed by atoms with Gasteiger partial charge in [0.05, 0.1) is 17.2 Å². The molecule has 30 heavy (non-hydrogen) atoms. The van der Waals surface area contributed by atoms with Gasteiger partial charge in [0.15, 0.2) is 5.82 Å². The fraction of sp³-hybridized carbons (Fsp3) is 0.667. The zero-order chi connectivity index (χ0) is 21.6. The van der Waals surface area contributed by atoms with Crippen molar-refractivity contribution in [2.75, 3.05) is 13.1 Å². The van der Waals surface area contributed by atoms with Gasteiger partial charge in [-0.05, 0) is 39.5 Å². The van der Waals surface area contributed by atoms with E-state index in [2.05, 4.69) is 20.6 Å². The van der Waals surface area contributed by atoms with Gasteiger partial charge in [0.1, 0.15) is 0 Å². The average Bonchev–Trinajstić information content (AvgIpc) is 3.43. The van der Waals surface area contributed by atoms with E-state index in [1.165, 1.54) is 0 Å². The number of aryl methyl sites for hydroxylation is 2. The number of likely N-dealkylation sites (tertiary alicyclic amines) is 1. The number of fused-ring (bicyclic) bond motifs is 1. The Balaban J connectivity index is 1.55. The number of rotatable bonds is 5. The van der Waals surface area contributed by atoms with E-state index in [0.29, 0.717) is 36.8 Å². The van der Waals surface area contributed by atoms with Crippen molar-refractivity contribution in [2.24, 2.45) is 11.8 Å². The van der Waals surface area contributed by atoms with Crippen molar-refractivity contribution in [3.63, 3.8) is 0 Å². The summed E-state index contributed by atoms with van der Waals surface area (Å²) < 4.78 is 7.41. The van der Waals surface area contributed by atoms with Gasteiger partial charge in [-0.15, -0.1) is 0 Å². The SMILES string of the molecule is CCn1ncc(C(=O)NC2CC3CN(C(=O)C(C)C)CC3(c3nc(C)no3)C2)c1C. The third-order valence-electron chi connectivity index (χ3n) is 6.62. The molecule has 0 bridgehead atoms. The summed E-state index contributed by atoms with van der Waals surface area (Å²) in [7, 11) is 0. The first-order valence-corrected chi connectivity index (χ1v) is 10.7. The highest BCUT2D eigenvalue weighted by atomic mass is 16.5. The number of hydrogen-bond acceptors (Lipinski definition) is 6. The monoisotopic (exact) mass is 414 g/mol. The van der Waals surface area contributed by atoms with Gasteiger partial charge >= 0.3 is 0 Å². The summed E-state index contributed by atoms with van der Waals surface area (Å²) in [5.74, 6) is 1.31. The highest BCUT2D eigenvalue weighted by Crippen LogP contribution is 2.50. The van der Waals surface area contributed by atoms with E-state index in [9.17, 15) is 9.59 Å². The van der Waals surface area contributed by atoms with Crippen molar-refractivity contribution in [3.8, 4) is 0 Å². The topological polar surface area (TPSA) is 106 Å².